The molecule has 0 unspecified atom stereocenters. The van der Waals surface area contributed by atoms with Crippen LogP contribution in [0, 0.1) is 0 Å². The number of aromatic nitrogens is 1. The molecule has 0 saturated carbocycles. The van der Waals surface area contributed by atoms with Crippen molar-refractivity contribution in [3.05, 3.63) is 277 Å². The molecular weight excluding hydrogens is 849 g/mol. The van der Waals surface area contributed by atoms with Crippen LogP contribution in [0.1, 0.15) is 22.3 Å². The van der Waals surface area contributed by atoms with E-state index in [0.717, 1.165) is 55.7 Å². The van der Waals surface area contributed by atoms with Crippen LogP contribution in [0.3, 0.4) is 0 Å². The van der Waals surface area contributed by atoms with Gasteiger partial charge in [0.15, 0.2) is 0 Å². The molecule has 3 heterocycles. The summed E-state index contributed by atoms with van der Waals surface area (Å²) in [7, 11) is 0. The van der Waals surface area contributed by atoms with Crippen LogP contribution in [0.15, 0.2) is 259 Å². The number of nitrogens with zero attached hydrogens (tertiary/aromatic N) is 2. The van der Waals surface area contributed by atoms with Crippen LogP contribution in [0.4, 0.5) is 17.1 Å². The minimum Gasteiger partial charge on any atom is -0.456 e. The third-order valence-electron chi connectivity index (χ3n) is 15.2. The van der Waals surface area contributed by atoms with E-state index in [0.29, 0.717) is 0 Å². The lowest BCUT2D eigenvalue weighted by Gasteiger charge is -2.40. The minimum atomic E-state index is -0.590. The maximum Gasteiger partial charge on any atom is 0.135 e. The normalized spacial score (nSPS) is 13.0. The molecule has 1 spiro atoms. The summed E-state index contributed by atoms with van der Waals surface area (Å²) in [6.07, 6.45) is 0. The molecule has 2 aromatic heterocycles. The van der Waals surface area contributed by atoms with Crippen molar-refractivity contribution in [2.75, 3.05) is 4.90 Å². The van der Waals surface area contributed by atoms with Crippen molar-refractivity contribution in [3.8, 4) is 50.2 Å². The first-order valence-corrected chi connectivity index (χ1v) is 24.2. The summed E-state index contributed by atoms with van der Waals surface area (Å²) in [6.45, 7) is 0. The molecule has 3 nitrogen and oxygen atoms in total. The molecule has 0 amide bonds. The third kappa shape index (κ3) is 5.40. The monoisotopic (exact) mass is 890 g/mol. The smallest absolute Gasteiger partial charge is 0.135 e. The Labute approximate surface area is 405 Å². The second kappa shape index (κ2) is 14.9. The number of benzene rings is 11. The van der Waals surface area contributed by atoms with Gasteiger partial charge in [0, 0.05) is 38.5 Å². The maximum absolute atomic E-state index is 6.24. The summed E-state index contributed by atoms with van der Waals surface area (Å²) in [4.78, 5) is 2.51. The van der Waals surface area contributed by atoms with Crippen molar-refractivity contribution < 1.29 is 4.42 Å². The van der Waals surface area contributed by atoms with Gasteiger partial charge in [0.05, 0.1) is 27.8 Å². The molecule has 0 radical (unpaired) electrons. The van der Waals surface area contributed by atoms with Crippen molar-refractivity contribution >= 4 is 60.8 Å². The van der Waals surface area contributed by atoms with Gasteiger partial charge in [-0.05, 0) is 122 Å². The predicted molar refractivity (Wildman–Crippen MR) is 290 cm³/mol. The Kier molecular flexibility index (Phi) is 8.28. The zero-order chi connectivity index (χ0) is 45.9. The second-order valence-corrected chi connectivity index (χ2v) is 18.7. The summed E-state index contributed by atoms with van der Waals surface area (Å²) in [5.41, 5.74) is 22.9. The lowest BCUT2D eigenvalue weighted by Crippen LogP contribution is -2.33. The van der Waals surface area contributed by atoms with Gasteiger partial charge >= 0.3 is 0 Å². The number of anilines is 3. The SMILES string of the molecule is c1ccc(-c2ccccc2-c2ccccc2N(c2ccc(-c3ccc4oc5ccccc5c4c3)cc2)c2cc3c4c(c2)c2ccccc2n4-c2ccccc2C32c3ccccc3-c3ccccc32)cc1. The van der Waals surface area contributed by atoms with Crippen LogP contribution < -0.4 is 4.90 Å². The molecule has 11 aromatic carbocycles. The van der Waals surface area contributed by atoms with E-state index in [-0.39, 0.29) is 0 Å². The van der Waals surface area contributed by atoms with Gasteiger partial charge in [0.25, 0.3) is 0 Å². The lowest BCUT2D eigenvalue weighted by molar-refractivity contribution is 0.669. The van der Waals surface area contributed by atoms with Gasteiger partial charge in [-0.2, -0.15) is 0 Å². The van der Waals surface area contributed by atoms with Crippen molar-refractivity contribution in [1.82, 2.24) is 4.57 Å². The van der Waals surface area contributed by atoms with Crippen molar-refractivity contribution in [2.45, 2.75) is 5.41 Å². The molecule has 1 aliphatic carbocycles. The molecule has 326 valence electrons. The minimum absolute atomic E-state index is 0.590. The fourth-order valence-corrected chi connectivity index (χ4v) is 12.3. The average molecular weight is 891 g/mol. The number of furan rings is 1. The third-order valence-corrected chi connectivity index (χ3v) is 15.2. The van der Waals surface area contributed by atoms with Gasteiger partial charge in [-0.15, -0.1) is 0 Å². The first kappa shape index (κ1) is 38.9. The largest absolute Gasteiger partial charge is 0.456 e. The number of hydrogen-bond acceptors (Lipinski definition) is 2. The van der Waals surface area contributed by atoms with Gasteiger partial charge in [-0.3, -0.25) is 0 Å². The van der Waals surface area contributed by atoms with Gasteiger partial charge < -0.3 is 13.9 Å². The Morgan fingerprint density at radius 3 is 1.70 bits per heavy atom. The number of hydrogen-bond donors (Lipinski definition) is 0. The van der Waals surface area contributed by atoms with Crippen LogP contribution in [-0.2, 0) is 5.41 Å². The van der Waals surface area contributed by atoms with E-state index in [4.69, 9.17) is 4.42 Å². The van der Waals surface area contributed by atoms with E-state index in [1.54, 1.807) is 0 Å². The molecule has 3 heteroatoms. The molecule has 2 aliphatic rings. The summed E-state index contributed by atoms with van der Waals surface area (Å²) in [5, 5.41) is 4.70. The molecule has 0 atom stereocenters. The summed E-state index contributed by atoms with van der Waals surface area (Å²) in [6, 6.07) is 93.9. The highest BCUT2D eigenvalue weighted by molar-refractivity contribution is 6.15. The van der Waals surface area contributed by atoms with Crippen LogP contribution in [-0.4, -0.2) is 4.57 Å². The first-order valence-electron chi connectivity index (χ1n) is 24.2. The van der Waals surface area contributed by atoms with E-state index < -0.39 is 5.41 Å². The van der Waals surface area contributed by atoms with Crippen LogP contribution in [0.2, 0.25) is 0 Å². The molecule has 0 fully saturated rings. The zero-order valence-corrected chi connectivity index (χ0v) is 38.1. The van der Waals surface area contributed by atoms with Crippen molar-refractivity contribution in [2.24, 2.45) is 0 Å². The summed E-state index contributed by atoms with van der Waals surface area (Å²) < 4.78 is 8.78. The number of fused-ring (bicyclic) bond motifs is 15. The fraction of sp³-hybridized carbons (Fsp3) is 0.0149. The molecule has 15 rings (SSSR count). The van der Waals surface area contributed by atoms with E-state index in [2.05, 4.69) is 252 Å². The topological polar surface area (TPSA) is 21.3 Å². The summed E-state index contributed by atoms with van der Waals surface area (Å²) >= 11 is 0. The highest BCUT2D eigenvalue weighted by Crippen LogP contribution is 2.62. The van der Waals surface area contributed by atoms with E-state index >= 15 is 0 Å². The Bertz CT molecular complexity index is 4200. The molecule has 0 saturated heterocycles. The van der Waals surface area contributed by atoms with Crippen LogP contribution in [0.25, 0.3) is 93.9 Å². The number of para-hydroxylation sites is 4. The van der Waals surface area contributed by atoms with Gasteiger partial charge in [-0.1, -0.05) is 194 Å². The lowest BCUT2D eigenvalue weighted by atomic mass is 9.65. The highest BCUT2D eigenvalue weighted by Gasteiger charge is 2.51. The van der Waals surface area contributed by atoms with Gasteiger partial charge in [0.1, 0.15) is 11.2 Å². The predicted octanol–water partition coefficient (Wildman–Crippen LogP) is 17.8. The van der Waals surface area contributed by atoms with E-state index in [9.17, 15) is 0 Å². The molecular formula is C67H42N2O. The highest BCUT2D eigenvalue weighted by atomic mass is 16.3. The quantitative estimate of drug-likeness (QED) is 0.166. The van der Waals surface area contributed by atoms with Crippen molar-refractivity contribution in [3.63, 3.8) is 0 Å². The van der Waals surface area contributed by atoms with E-state index in [1.807, 2.05) is 12.1 Å². The molecule has 1 aliphatic heterocycles. The molecule has 70 heavy (non-hydrogen) atoms. The molecule has 13 aromatic rings. The Morgan fingerprint density at radius 1 is 0.329 bits per heavy atom. The Hall–Kier alpha value is -9.18. The fourth-order valence-electron chi connectivity index (χ4n) is 12.3. The van der Waals surface area contributed by atoms with Crippen molar-refractivity contribution in [1.29, 1.82) is 0 Å². The Morgan fingerprint density at radius 2 is 0.914 bits per heavy atom. The number of rotatable bonds is 6. The van der Waals surface area contributed by atoms with E-state index in [1.165, 1.54) is 77.6 Å². The van der Waals surface area contributed by atoms with Crippen LogP contribution >= 0.6 is 0 Å². The Balaban J connectivity index is 1.03. The summed E-state index contributed by atoms with van der Waals surface area (Å²) in [5.74, 6) is 0. The first-order chi connectivity index (χ1) is 34.7. The van der Waals surface area contributed by atoms with Gasteiger partial charge in [-0.25, -0.2) is 0 Å². The molecule has 0 N–H and O–H groups in total. The van der Waals surface area contributed by atoms with Crippen LogP contribution in [0.5, 0.6) is 0 Å². The standard InChI is InChI=1S/C67H42N2O/c1-2-18-44(19-3-1)48-20-4-5-21-49(48)52-24-8-14-30-61(52)68(46-37-34-43(35-38-46)45-36-39-65-55(40-45)54-26-10-17-33-64(54)70-65)47-41-56-53-25-9-15-31-62(53)69-63-32-16-13-29-59(63)67(60(42-47)66(56)69)57-27-11-6-22-50(57)51-23-7-12-28-58(51)67/h1-42H. The van der Waals surface area contributed by atoms with Gasteiger partial charge in [0.2, 0.25) is 0 Å². The zero-order valence-electron chi connectivity index (χ0n) is 38.1. The maximum atomic E-state index is 6.24. The second-order valence-electron chi connectivity index (χ2n) is 18.7. The average Bonchev–Trinajstić information content (AvgIpc) is 4.08. The molecule has 0 bridgehead atoms.